The lowest BCUT2D eigenvalue weighted by molar-refractivity contribution is -0.124. The van der Waals surface area contributed by atoms with E-state index in [1.807, 2.05) is 37.6 Å². The SMILES string of the molecule is CC(C)(C)OC(=O)NCC1(CC(=O)NCC(O)c2ccsc2)CCCCC1. The number of alkyl carbamates (subject to hydrolysis) is 1. The molecule has 2 amide bonds. The smallest absolute Gasteiger partial charge is 0.407 e. The minimum absolute atomic E-state index is 0.0860. The van der Waals surface area contributed by atoms with Gasteiger partial charge in [-0.1, -0.05) is 19.3 Å². The number of thiophene rings is 1. The molecule has 0 aromatic carbocycles. The Morgan fingerprint density at radius 2 is 1.96 bits per heavy atom. The number of hydrogen-bond acceptors (Lipinski definition) is 5. The van der Waals surface area contributed by atoms with Gasteiger partial charge in [-0.05, 0) is 61.4 Å². The maximum atomic E-state index is 12.5. The zero-order chi connectivity index (χ0) is 19.9. The monoisotopic (exact) mass is 396 g/mol. The average molecular weight is 397 g/mol. The summed E-state index contributed by atoms with van der Waals surface area (Å²) in [5, 5.41) is 19.6. The van der Waals surface area contributed by atoms with Crippen molar-refractivity contribution >= 4 is 23.3 Å². The van der Waals surface area contributed by atoms with E-state index in [0.29, 0.717) is 13.0 Å². The van der Waals surface area contributed by atoms with Crippen LogP contribution >= 0.6 is 11.3 Å². The molecule has 152 valence electrons. The number of rotatable bonds is 7. The fraction of sp³-hybridized carbons (Fsp3) is 0.700. The maximum Gasteiger partial charge on any atom is 0.407 e. The van der Waals surface area contributed by atoms with E-state index in [1.165, 1.54) is 11.3 Å². The molecular formula is C20H32N2O4S. The molecule has 1 heterocycles. The Kier molecular flexibility index (Phi) is 7.68. The third-order valence-electron chi connectivity index (χ3n) is 4.88. The minimum Gasteiger partial charge on any atom is -0.444 e. The van der Waals surface area contributed by atoms with Gasteiger partial charge in [-0.15, -0.1) is 0 Å². The molecule has 1 atom stereocenters. The van der Waals surface area contributed by atoms with Gasteiger partial charge < -0.3 is 20.5 Å². The predicted octanol–water partition coefficient (Wildman–Crippen LogP) is 3.76. The van der Waals surface area contributed by atoms with Gasteiger partial charge in [0.05, 0.1) is 6.10 Å². The first kappa shape index (κ1) is 21.7. The van der Waals surface area contributed by atoms with Gasteiger partial charge in [0.25, 0.3) is 0 Å². The second-order valence-electron chi connectivity index (χ2n) is 8.47. The molecule has 0 radical (unpaired) electrons. The molecule has 27 heavy (non-hydrogen) atoms. The van der Waals surface area contributed by atoms with E-state index in [0.717, 1.165) is 37.7 Å². The highest BCUT2D eigenvalue weighted by molar-refractivity contribution is 7.07. The summed E-state index contributed by atoms with van der Waals surface area (Å²) in [6.45, 7) is 6.12. The van der Waals surface area contributed by atoms with Crippen molar-refractivity contribution in [2.45, 2.75) is 71.0 Å². The summed E-state index contributed by atoms with van der Waals surface area (Å²) in [4.78, 5) is 24.5. The van der Waals surface area contributed by atoms with E-state index in [2.05, 4.69) is 10.6 Å². The molecule has 1 aliphatic carbocycles. The highest BCUT2D eigenvalue weighted by atomic mass is 32.1. The van der Waals surface area contributed by atoms with Crippen LogP contribution in [0.2, 0.25) is 0 Å². The lowest BCUT2D eigenvalue weighted by atomic mass is 9.71. The number of ether oxygens (including phenoxy) is 1. The molecule has 1 saturated carbocycles. The fourth-order valence-electron chi connectivity index (χ4n) is 3.49. The van der Waals surface area contributed by atoms with Crippen molar-refractivity contribution in [3.05, 3.63) is 22.4 Å². The number of amides is 2. The molecule has 2 rings (SSSR count). The summed E-state index contributed by atoms with van der Waals surface area (Å²) in [5.41, 5.74) is 0.0326. The quantitative estimate of drug-likeness (QED) is 0.655. The number of carbonyl (C=O) groups is 2. The third-order valence-corrected chi connectivity index (χ3v) is 5.58. The van der Waals surface area contributed by atoms with Crippen LogP contribution in [0.1, 0.15) is 71.0 Å². The maximum absolute atomic E-state index is 12.5. The molecule has 0 bridgehead atoms. The molecule has 1 fully saturated rings. The first-order chi connectivity index (χ1) is 12.7. The van der Waals surface area contributed by atoms with Crippen LogP contribution in [0.5, 0.6) is 0 Å². The molecule has 0 spiro atoms. The molecule has 1 unspecified atom stereocenters. The summed E-state index contributed by atoms with van der Waals surface area (Å²) in [6, 6.07) is 1.86. The summed E-state index contributed by atoms with van der Waals surface area (Å²) in [6.07, 6.45) is 4.29. The summed E-state index contributed by atoms with van der Waals surface area (Å²) in [7, 11) is 0. The van der Waals surface area contributed by atoms with Gasteiger partial charge in [-0.25, -0.2) is 4.79 Å². The minimum atomic E-state index is -0.692. The molecule has 3 N–H and O–H groups in total. The van der Waals surface area contributed by atoms with Crippen LogP contribution in [0.4, 0.5) is 4.79 Å². The van der Waals surface area contributed by atoms with Gasteiger partial charge in [0.15, 0.2) is 0 Å². The number of carbonyl (C=O) groups excluding carboxylic acids is 2. The van der Waals surface area contributed by atoms with Crippen LogP contribution in [-0.2, 0) is 9.53 Å². The first-order valence-corrected chi connectivity index (χ1v) is 10.6. The third kappa shape index (κ3) is 7.50. The number of aliphatic hydroxyl groups excluding tert-OH is 1. The first-order valence-electron chi connectivity index (χ1n) is 9.63. The van der Waals surface area contributed by atoms with Crippen LogP contribution in [0.15, 0.2) is 16.8 Å². The molecule has 0 saturated heterocycles. The lowest BCUT2D eigenvalue weighted by Gasteiger charge is -2.37. The second kappa shape index (κ2) is 9.55. The van der Waals surface area contributed by atoms with Crippen molar-refractivity contribution in [1.82, 2.24) is 10.6 Å². The van der Waals surface area contributed by atoms with Crippen LogP contribution in [0.25, 0.3) is 0 Å². The Morgan fingerprint density at radius 3 is 2.56 bits per heavy atom. The van der Waals surface area contributed by atoms with Crippen LogP contribution in [-0.4, -0.2) is 35.8 Å². The van der Waals surface area contributed by atoms with Crippen molar-refractivity contribution in [1.29, 1.82) is 0 Å². The largest absolute Gasteiger partial charge is 0.444 e. The van der Waals surface area contributed by atoms with Gasteiger partial charge in [0.1, 0.15) is 5.60 Å². The van der Waals surface area contributed by atoms with Gasteiger partial charge >= 0.3 is 6.09 Å². The fourth-order valence-corrected chi connectivity index (χ4v) is 4.19. The molecule has 0 aliphatic heterocycles. The van der Waals surface area contributed by atoms with Crippen molar-refractivity contribution in [3.8, 4) is 0 Å². The Hall–Kier alpha value is -1.60. The van der Waals surface area contributed by atoms with Crippen molar-refractivity contribution in [3.63, 3.8) is 0 Å². The van der Waals surface area contributed by atoms with Gasteiger partial charge in [0.2, 0.25) is 5.91 Å². The number of nitrogens with one attached hydrogen (secondary N) is 2. The molecule has 6 nitrogen and oxygen atoms in total. The van der Waals surface area contributed by atoms with Crippen LogP contribution in [0.3, 0.4) is 0 Å². The summed E-state index contributed by atoms with van der Waals surface area (Å²) >= 11 is 1.52. The highest BCUT2D eigenvalue weighted by Gasteiger charge is 2.35. The van der Waals surface area contributed by atoms with Crippen LogP contribution < -0.4 is 10.6 Å². The van der Waals surface area contributed by atoms with Crippen molar-refractivity contribution < 1.29 is 19.4 Å². The van der Waals surface area contributed by atoms with Crippen molar-refractivity contribution in [2.24, 2.45) is 5.41 Å². The average Bonchev–Trinajstić information content (AvgIpc) is 3.12. The van der Waals surface area contributed by atoms with E-state index in [-0.39, 0.29) is 17.9 Å². The Bertz CT molecular complexity index is 604. The molecule has 1 aromatic heterocycles. The van der Waals surface area contributed by atoms with Crippen molar-refractivity contribution in [2.75, 3.05) is 13.1 Å². The van der Waals surface area contributed by atoms with Gasteiger partial charge in [-0.3, -0.25) is 4.79 Å². The molecular weight excluding hydrogens is 364 g/mol. The topological polar surface area (TPSA) is 87.7 Å². The standard InChI is InChI=1S/C20H32N2O4S/c1-19(2,3)26-18(25)22-14-20(8-5-4-6-9-20)11-17(24)21-12-16(23)15-7-10-27-13-15/h7,10,13,16,23H,4-6,8-9,11-12,14H2,1-3H3,(H,21,24)(H,22,25). The predicted molar refractivity (Wildman–Crippen MR) is 107 cm³/mol. The summed E-state index contributed by atoms with van der Waals surface area (Å²) in [5.74, 6) is -0.0860. The Morgan fingerprint density at radius 1 is 1.26 bits per heavy atom. The second-order valence-corrected chi connectivity index (χ2v) is 9.25. The summed E-state index contributed by atoms with van der Waals surface area (Å²) < 4.78 is 5.32. The highest BCUT2D eigenvalue weighted by Crippen LogP contribution is 2.39. The van der Waals surface area contributed by atoms with Gasteiger partial charge in [0, 0.05) is 19.5 Å². The van der Waals surface area contributed by atoms with E-state index in [1.54, 1.807) is 0 Å². The Balaban J connectivity index is 1.86. The van der Waals surface area contributed by atoms with Gasteiger partial charge in [-0.2, -0.15) is 11.3 Å². The van der Waals surface area contributed by atoms with E-state index in [4.69, 9.17) is 4.74 Å². The molecule has 1 aromatic rings. The zero-order valence-corrected chi connectivity index (χ0v) is 17.4. The molecule has 1 aliphatic rings. The Labute approximate surface area is 165 Å². The van der Waals surface area contributed by atoms with E-state index < -0.39 is 17.8 Å². The number of hydrogen-bond donors (Lipinski definition) is 3. The number of aliphatic hydroxyl groups is 1. The van der Waals surface area contributed by atoms with E-state index >= 15 is 0 Å². The van der Waals surface area contributed by atoms with E-state index in [9.17, 15) is 14.7 Å². The normalized spacial score (nSPS) is 17.8. The lowest BCUT2D eigenvalue weighted by Crippen LogP contribution is -2.44. The zero-order valence-electron chi connectivity index (χ0n) is 16.5. The van der Waals surface area contributed by atoms with Crippen LogP contribution in [0, 0.1) is 5.41 Å². The molecule has 7 heteroatoms.